The third-order valence-corrected chi connectivity index (χ3v) is 3.87. The molecule has 0 radical (unpaired) electrons. The van der Waals surface area contributed by atoms with E-state index >= 15 is 0 Å². The topological polar surface area (TPSA) is 51.4 Å². The molecule has 3 aromatic rings. The van der Waals surface area contributed by atoms with E-state index in [2.05, 4.69) is 27.2 Å². The Balaban J connectivity index is 1.80. The summed E-state index contributed by atoms with van der Waals surface area (Å²) in [5, 5.41) is 4.14. The van der Waals surface area contributed by atoms with Crippen molar-refractivity contribution in [1.29, 1.82) is 0 Å². The van der Waals surface area contributed by atoms with E-state index in [-0.39, 0.29) is 6.04 Å². The molecule has 1 heterocycles. The molecule has 0 saturated carbocycles. The molecule has 0 spiro atoms. The summed E-state index contributed by atoms with van der Waals surface area (Å²) in [7, 11) is 5.67. The van der Waals surface area contributed by atoms with Gasteiger partial charge in [0.05, 0.1) is 7.11 Å². The number of nitrogens with zero attached hydrogens (tertiary/aromatic N) is 3. The van der Waals surface area contributed by atoms with Crippen molar-refractivity contribution in [2.75, 3.05) is 21.2 Å². The second kappa shape index (κ2) is 7.27. The van der Waals surface area contributed by atoms with Crippen molar-refractivity contribution in [3.8, 4) is 5.75 Å². The highest BCUT2D eigenvalue weighted by atomic mass is 16.5. The van der Waals surface area contributed by atoms with Crippen molar-refractivity contribution >= 4 is 0 Å². The van der Waals surface area contributed by atoms with Gasteiger partial charge in [0, 0.05) is 6.42 Å². The van der Waals surface area contributed by atoms with E-state index in [1.165, 1.54) is 0 Å². The van der Waals surface area contributed by atoms with Crippen LogP contribution in [0.1, 0.15) is 28.9 Å². The number of benzene rings is 2. The predicted molar refractivity (Wildman–Crippen MR) is 92.1 cm³/mol. The quantitative estimate of drug-likeness (QED) is 0.696. The van der Waals surface area contributed by atoms with Crippen molar-refractivity contribution in [3.63, 3.8) is 0 Å². The van der Waals surface area contributed by atoms with Crippen molar-refractivity contribution in [2.45, 2.75) is 12.5 Å². The zero-order valence-corrected chi connectivity index (χ0v) is 14.1. The molecule has 0 fully saturated rings. The van der Waals surface area contributed by atoms with Crippen LogP contribution in [0.5, 0.6) is 5.75 Å². The molecule has 0 aliphatic heterocycles. The zero-order valence-electron chi connectivity index (χ0n) is 14.1. The minimum atomic E-state index is -0.0525. The molecule has 5 heteroatoms. The zero-order chi connectivity index (χ0) is 16.9. The molecular formula is C19H21N3O2. The SMILES string of the molecule is COc1ccc(Cc2noc(C(c3ccccc3)N(C)C)n2)cc1. The molecule has 24 heavy (non-hydrogen) atoms. The first kappa shape index (κ1) is 16.2. The lowest BCUT2D eigenvalue weighted by Gasteiger charge is -2.20. The summed E-state index contributed by atoms with van der Waals surface area (Å²) in [6, 6.07) is 18.0. The number of rotatable bonds is 6. The minimum Gasteiger partial charge on any atom is -0.497 e. The molecular weight excluding hydrogens is 302 g/mol. The summed E-state index contributed by atoms with van der Waals surface area (Å²) >= 11 is 0. The van der Waals surface area contributed by atoms with Gasteiger partial charge in [0.1, 0.15) is 11.8 Å². The highest BCUT2D eigenvalue weighted by Gasteiger charge is 2.23. The first-order chi connectivity index (χ1) is 11.7. The molecule has 0 bridgehead atoms. The molecule has 0 aliphatic carbocycles. The van der Waals surface area contributed by atoms with Crippen LogP contribution in [0.25, 0.3) is 0 Å². The lowest BCUT2D eigenvalue weighted by molar-refractivity contribution is 0.260. The fourth-order valence-electron chi connectivity index (χ4n) is 2.67. The molecule has 0 aliphatic rings. The monoisotopic (exact) mass is 323 g/mol. The van der Waals surface area contributed by atoms with Crippen LogP contribution in [0, 0.1) is 0 Å². The normalized spacial score (nSPS) is 12.3. The van der Waals surface area contributed by atoms with Gasteiger partial charge in [0.25, 0.3) is 0 Å². The smallest absolute Gasteiger partial charge is 0.248 e. The van der Waals surface area contributed by atoms with Crippen LogP contribution in [0.4, 0.5) is 0 Å². The van der Waals surface area contributed by atoms with Crippen LogP contribution in [0.3, 0.4) is 0 Å². The van der Waals surface area contributed by atoms with Gasteiger partial charge < -0.3 is 9.26 Å². The average molecular weight is 323 g/mol. The standard InChI is InChI=1S/C19H21N3O2/c1-22(2)18(15-7-5-4-6-8-15)19-20-17(21-24-19)13-14-9-11-16(23-3)12-10-14/h4-12,18H,13H2,1-3H3. The van der Waals surface area contributed by atoms with Crippen molar-refractivity contribution < 1.29 is 9.26 Å². The average Bonchev–Trinajstić information content (AvgIpc) is 3.04. The highest BCUT2D eigenvalue weighted by molar-refractivity contribution is 5.29. The van der Waals surface area contributed by atoms with Gasteiger partial charge in [-0.15, -0.1) is 0 Å². The molecule has 0 saturated heterocycles. The summed E-state index contributed by atoms with van der Waals surface area (Å²) in [6.07, 6.45) is 0.627. The number of ether oxygens (including phenoxy) is 1. The Hall–Kier alpha value is -2.66. The second-order valence-corrected chi connectivity index (χ2v) is 5.85. The lowest BCUT2D eigenvalue weighted by atomic mass is 10.1. The molecule has 1 unspecified atom stereocenters. The molecule has 124 valence electrons. The molecule has 0 amide bonds. The van der Waals surface area contributed by atoms with Crippen LogP contribution in [-0.4, -0.2) is 36.2 Å². The second-order valence-electron chi connectivity index (χ2n) is 5.85. The summed E-state index contributed by atoms with van der Waals surface area (Å²) < 4.78 is 10.7. The van der Waals surface area contributed by atoms with Gasteiger partial charge in [-0.3, -0.25) is 4.90 Å². The number of hydrogen-bond acceptors (Lipinski definition) is 5. The summed E-state index contributed by atoms with van der Waals surface area (Å²) in [6.45, 7) is 0. The molecule has 3 rings (SSSR count). The van der Waals surface area contributed by atoms with Gasteiger partial charge >= 0.3 is 0 Å². The fraction of sp³-hybridized carbons (Fsp3) is 0.263. The largest absolute Gasteiger partial charge is 0.497 e. The van der Waals surface area contributed by atoms with Crippen LogP contribution < -0.4 is 4.74 Å². The number of hydrogen-bond donors (Lipinski definition) is 0. The van der Waals surface area contributed by atoms with Gasteiger partial charge in [-0.2, -0.15) is 4.98 Å². The van der Waals surface area contributed by atoms with Crippen LogP contribution in [-0.2, 0) is 6.42 Å². The van der Waals surface area contributed by atoms with Crippen LogP contribution in [0.2, 0.25) is 0 Å². The first-order valence-electron chi connectivity index (χ1n) is 7.84. The third-order valence-electron chi connectivity index (χ3n) is 3.87. The maximum Gasteiger partial charge on any atom is 0.248 e. The lowest BCUT2D eigenvalue weighted by Crippen LogP contribution is -2.21. The van der Waals surface area contributed by atoms with E-state index in [9.17, 15) is 0 Å². The Morgan fingerprint density at radius 3 is 2.38 bits per heavy atom. The Labute approximate surface area is 141 Å². The maximum absolute atomic E-state index is 5.53. The van der Waals surface area contributed by atoms with E-state index in [0.29, 0.717) is 18.1 Å². The Kier molecular flexibility index (Phi) is 4.91. The van der Waals surface area contributed by atoms with Crippen molar-refractivity contribution in [3.05, 3.63) is 77.4 Å². The molecule has 2 aromatic carbocycles. The number of methoxy groups -OCH3 is 1. The highest BCUT2D eigenvalue weighted by Crippen LogP contribution is 2.25. The maximum atomic E-state index is 5.53. The van der Waals surface area contributed by atoms with E-state index in [4.69, 9.17) is 9.26 Å². The molecule has 5 nitrogen and oxygen atoms in total. The van der Waals surface area contributed by atoms with Crippen LogP contribution >= 0.6 is 0 Å². The van der Waals surface area contributed by atoms with E-state index in [1.54, 1.807) is 7.11 Å². The van der Waals surface area contributed by atoms with Gasteiger partial charge in [0.2, 0.25) is 5.89 Å². The van der Waals surface area contributed by atoms with Gasteiger partial charge in [-0.05, 0) is 37.4 Å². The third kappa shape index (κ3) is 3.63. The predicted octanol–water partition coefficient (Wildman–Crippen LogP) is 3.32. The van der Waals surface area contributed by atoms with Crippen LogP contribution in [0.15, 0.2) is 59.1 Å². The van der Waals surface area contributed by atoms with E-state index < -0.39 is 0 Å². The summed E-state index contributed by atoms with van der Waals surface area (Å²) in [5.41, 5.74) is 2.24. The number of aromatic nitrogens is 2. The van der Waals surface area contributed by atoms with Crippen molar-refractivity contribution in [1.82, 2.24) is 15.0 Å². The van der Waals surface area contributed by atoms with Gasteiger partial charge in [-0.25, -0.2) is 0 Å². The first-order valence-corrected chi connectivity index (χ1v) is 7.84. The van der Waals surface area contributed by atoms with Crippen molar-refractivity contribution in [2.24, 2.45) is 0 Å². The van der Waals surface area contributed by atoms with Gasteiger partial charge in [0.15, 0.2) is 5.82 Å². The van der Waals surface area contributed by atoms with E-state index in [1.807, 2.05) is 56.6 Å². The fourth-order valence-corrected chi connectivity index (χ4v) is 2.67. The molecule has 1 atom stereocenters. The Bertz CT molecular complexity index is 767. The summed E-state index contributed by atoms with van der Waals surface area (Å²) in [5.74, 6) is 2.12. The Morgan fingerprint density at radius 2 is 1.75 bits per heavy atom. The minimum absolute atomic E-state index is 0.0525. The Morgan fingerprint density at radius 1 is 1.04 bits per heavy atom. The summed E-state index contributed by atoms with van der Waals surface area (Å²) in [4.78, 5) is 6.66. The van der Waals surface area contributed by atoms with E-state index in [0.717, 1.165) is 16.9 Å². The van der Waals surface area contributed by atoms with Gasteiger partial charge in [-0.1, -0.05) is 47.6 Å². The molecule has 1 aromatic heterocycles. The molecule has 0 N–H and O–H groups in total.